The number of nitrogens with one attached hydrogen (secondary N) is 1. The number of aryl methyl sites for hydroxylation is 2. The number of anilines is 1. The highest BCUT2D eigenvalue weighted by molar-refractivity contribution is 7.99. The topological polar surface area (TPSA) is 58.6 Å². The van der Waals surface area contributed by atoms with Gasteiger partial charge in [-0.3, -0.25) is 4.79 Å². The minimum atomic E-state index is -0.551. The maximum atomic E-state index is 11.0. The van der Waals surface area contributed by atoms with Crippen LogP contribution in [-0.2, 0) is 4.79 Å². The molecule has 0 aliphatic heterocycles. The predicted molar refractivity (Wildman–Crippen MR) is 98.9 cm³/mol. The first kappa shape index (κ1) is 18.4. The molecule has 0 bridgehead atoms. The van der Waals surface area contributed by atoms with Crippen molar-refractivity contribution >= 4 is 23.4 Å². The second-order valence-corrected chi connectivity index (χ2v) is 6.84. The van der Waals surface area contributed by atoms with Crippen molar-refractivity contribution < 1.29 is 14.6 Å². The van der Waals surface area contributed by atoms with E-state index in [4.69, 9.17) is 4.74 Å². The van der Waals surface area contributed by atoms with E-state index in [9.17, 15) is 9.90 Å². The van der Waals surface area contributed by atoms with Crippen molar-refractivity contribution in [2.75, 3.05) is 17.7 Å². The zero-order valence-corrected chi connectivity index (χ0v) is 15.0. The van der Waals surface area contributed by atoms with Gasteiger partial charge < -0.3 is 15.2 Å². The first-order valence-electron chi connectivity index (χ1n) is 7.82. The lowest BCUT2D eigenvalue weighted by molar-refractivity contribution is -0.114. The zero-order valence-electron chi connectivity index (χ0n) is 14.2. The van der Waals surface area contributed by atoms with Crippen LogP contribution in [0, 0.1) is 13.8 Å². The minimum absolute atomic E-state index is 0.0885. The molecule has 0 aromatic heterocycles. The summed E-state index contributed by atoms with van der Waals surface area (Å²) in [6, 6.07) is 13.6. The Morgan fingerprint density at radius 1 is 1.21 bits per heavy atom. The molecule has 1 atom stereocenters. The molecule has 0 fully saturated rings. The summed E-state index contributed by atoms with van der Waals surface area (Å²) >= 11 is 1.56. The van der Waals surface area contributed by atoms with E-state index in [0.29, 0.717) is 5.75 Å². The summed E-state index contributed by atoms with van der Waals surface area (Å²) in [5.41, 5.74) is 2.97. The van der Waals surface area contributed by atoms with E-state index in [1.165, 1.54) is 6.92 Å². The molecule has 4 nitrogen and oxygen atoms in total. The van der Waals surface area contributed by atoms with E-state index in [2.05, 4.69) is 5.32 Å². The minimum Gasteiger partial charge on any atom is -0.491 e. The number of hydrogen-bond donors (Lipinski definition) is 2. The SMILES string of the molecule is CC(=O)Nc1ccc(SC[C@H](O)COc2cc(C)ccc2C)cc1. The van der Waals surface area contributed by atoms with Crippen molar-refractivity contribution in [3.05, 3.63) is 53.6 Å². The summed E-state index contributed by atoms with van der Waals surface area (Å²) < 4.78 is 5.72. The number of rotatable bonds is 7. The number of ether oxygens (including phenoxy) is 1. The van der Waals surface area contributed by atoms with Gasteiger partial charge in [0, 0.05) is 23.3 Å². The highest BCUT2D eigenvalue weighted by atomic mass is 32.2. The normalized spacial score (nSPS) is 11.8. The molecule has 128 valence electrons. The largest absolute Gasteiger partial charge is 0.491 e. The quantitative estimate of drug-likeness (QED) is 0.750. The van der Waals surface area contributed by atoms with Gasteiger partial charge in [-0.2, -0.15) is 0 Å². The third-order valence-corrected chi connectivity index (χ3v) is 4.55. The van der Waals surface area contributed by atoms with Crippen LogP contribution in [-0.4, -0.2) is 29.5 Å². The Kier molecular flexibility index (Phi) is 6.70. The van der Waals surface area contributed by atoms with Gasteiger partial charge in [0.2, 0.25) is 5.91 Å². The van der Waals surface area contributed by atoms with Crippen LogP contribution >= 0.6 is 11.8 Å². The molecule has 0 spiro atoms. The summed E-state index contributed by atoms with van der Waals surface area (Å²) in [5, 5.41) is 12.8. The molecule has 2 N–H and O–H groups in total. The maximum absolute atomic E-state index is 11.0. The van der Waals surface area contributed by atoms with Gasteiger partial charge in [-0.25, -0.2) is 0 Å². The Labute approximate surface area is 147 Å². The molecule has 0 aliphatic carbocycles. The lowest BCUT2D eigenvalue weighted by Crippen LogP contribution is -2.20. The summed E-state index contributed by atoms with van der Waals surface area (Å²) in [4.78, 5) is 12.0. The second-order valence-electron chi connectivity index (χ2n) is 5.75. The molecule has 1 amide bonds. The maximum Gasteiger partial charge on any atom is 0.221 e. The van der Waals surface area contributed by atoms with E-state index < -0.39 is 6.10 Å². The molecule has 0 saturated heterocycles. The van der Waals surface area contributed by atoms with Gasteiger partial charge in [-0.05, 0) is 55.3 Å². The Hall–Kier alpha value is -1.98. The molecule has 5 heteroatoms. The van der Waals surface area contributed by atoms with E-state index in [1.54, 1.807) is 11.8 Å². The van der Waals surface area contributed by atoms with Crippen LogP contribution in [0.2, 0.25) is 0 Å². The molecular weight excluding hydrogens is 322 g/mol. The van der Waals surface area contributed by atoms with Gasteiger partial charge in [0.1, 0.15) is 12.4 Å². The van der Waals surface area contributed by atoms with E-state index >= 15 is 0 Å². The smallest absolute Gasteiger partial charge is 0.221 e. The molecular formula is C19H23NO3S. The van der Waals surface area contributed by atoms with Gasteiger partial charge in [-0.1, -0.05) is 12.1 Å². The van der Waals surface area contributed by atoms with Crippen LogP contribution < -0.4 is 10.1 Å². The van der Waals surface area contributed by atoms with Crippen LogP contribution in [0.15, 0.2) is 47.4 Å². The lowest BCUT2D eigenvalue weighted by Gasteiger charge is -2.14. The monoisotopic (exact) mass is 345 g/mol. The van der Waals surface area contributed by atoms with Crippen LogP contribution in [0.25, 0.3) is 0 Å². The van der Waals surface area contributed by atoms with Crippen molar-refractivity contribution in [2.45, 2.75) is 31.8 Å². The second kappa shape index (κ2) is 8.76. The standard InChI is InChI=1S/C19H23NO3S/c1-13-4-5-14(2)19(10-13)23-11-17(22)12-24-18-8-6-16(7-9-18)20-15(3)21/h4-10,17,22H,11-12H2,1-3H3,(H,20,21)/t17-/m1/s1. The summed E-state index contributed by atoms with van der Waals surface area (Å²) in [6.07, 6.45) is -0.551. The molecule has 0 unspecified atom stereocenters. The Morgan fingerprint density at radius 3 is 2.58 bits per heavy atom. The zero-order chi connectivity index (χ0) is 17.5. The number of hydrogen-bond acceptors (Lipinski definition) is 4. The molecule has 0 heterocycles. The van der Waals surface area contributed by atoms with Gasteiger partial charge in [0.25, 0.3) is 0 Å². The number of amides is 1. The number of carbonyl (C=O) groups is 1. The Morgan fingerprint density at radius 2 is 1.92 bits per heavy atom. The first-order chi connectivity index (χ1) is 11.4. The molecule has 2 aromatic carbocycles. The number of thioether (sulfide) groups is 1. The van der Waals surface area contributed by atoms with Gasteiger partial charge >= 0.3 is 0 Å². The fourth-order valence-electron chi connectivity index (χ4n) is 2.13. The average Bonchev–Trinajstić information content (AvgIpc) is 2.54. The van der Waals surface area contributed by atoms with Gasteiger partial charge in [-0.15, -0.1) is 11.8 Å². The summed E-state index contributed by atoms with van der Waals surface area (Å²) in [6.45, 7) is 5.76. The molecule has 0 saturated carbocycles. The van der Waals surface area contributed by atoms with Crippen LogP contribution in [0.5, 0.6) is 5.75 Å². The summed E-state index contributed by atoms with van der Waals surface area (Å²) in [5.74, 6) is 1.28. The highest BCUT2D eigenvalue weighted by Crippen LogP contribution is 2.22. The van der Waals surface area contributed by atoms with Crippen LogP contribution in [0.1, 0.15) is 18.1 Å². The van der Waals surface area contributed by atoms with Crippen LogP contribution in [0.3, 0.4) is 0 Å². The predicted octanol–water partition coefficient (Wildman–Crippen LogP) is 3.79. The fourth-order valence-corrected chi connectivity index (χ4v) is 2.94. The van der Waals surface area contributed by atoms with Crippen molar-refractivity contribution in [3.8, 4) is 5.75 Å². The molecule has 2 aromatic rings. The van der Waals surface area contributed by atoms with Crippen molar-refractivity contribution in [3.63, 3.8) is 0 Å². The van der Waals surface area contributed by atoms with Gasteiger partial charge in [0.05, 0.1) is 6.10 Å². The molecule has 2 rings (SSSR count). The highest BCUT2D eigenvalue weighted by Gasteiger charge is 2.08. The number of benzene rings is 2. The van der Waals surface area contributed by atoms with Crippen molar-refractivity contribution in [2.24, 2.45) is 0 Å². The van der Waals surface area contributed by atoms with Gasteiger partial charge in [0.15, 0.2) is 0 Å². The third-order valence-electron chi connectivity index (χ3n) is 3.39. The van der Waals surface area contributed by atoms with Crippen molar-refractivity contribution in [1.82, 2.24) is 0 Å². The van der Waals surface area contributed by atoms with E-state index in [1.807, 2.05) is 56.3 Å². The third kappa shape index (κ3) is 5.91. The first-order valence-corrected chi connectivity index (χ1v) is 8.81. The average molecular weight is 345 g/mol. The van der Waals surface area contributed by atoms with Crippen LogP contribution in [0.4, 0.5) is 5.69 Å². The lowest BCUT2D eigenvalue weighted by atomic mass is 10.1. The van der Waals surface area contributed by atoms with Crippen molar-refractivity contribution in [1.29, 1.82) is 0 Å². The number of aliphatic hydroxyl groups is 1. The van der Waals surface area contributed by atoms with E-state index in [-0.39, 0.29) is 12.5 Å². The molecule has 0 radical (unpaired) electrons. The Balaban J connectivity index is 1.79. The summed E-state index contributed by atoms with van der Waals surface area (Å²) in [7, 11) is 0. The molecule has 24 heavy (non-hydrogen) atoms. The number of aliphatic hydroxyl groups excluding tert-OH is 1. The molecule has 0 aliphatic rings. The Bertz CT molecular complexity index is 686. The van der Waals surface area contributed by atoms with E-state index in [0.717, 1.165) is 27.5 Å². The number of carbonyl (C=O) groups excluding carboxylic acids is 1. The fraction of sp³-hybridized carbons (Fsp3) is 0.316.